The molecule has 1 amide bonds. The fourth-order valence-electron chi connectivity index (χ4n) is 3.08. The van der Waals surface area contributed by atoms with Crippen LogP contribution in [0.5, 0.6) is 5.75 Å². The number of carbonyl (C=O) groups is 2. The van der Waals surface area contributed by atoms with Crippen molar-refractivity contribution in [2.24, 2.45) is 0 Å². The molecule has 0 radical (unpaired) electrons. The molecule has 1 N–H and O–H groups in total. The molecule has 0 saturated carbocycles. The van der Waals surface area contributed by atoms with Gasteiger partial charge in [0.25, 0.3) is 11.5 Å². The highest BCUT2D eigenvalue weighted by molar-refractivity contribution is 7.16. The van der Waals surface area contributed by atoms with Crippen molar-refractivity contribution < 1.29 is 23.5 Å². The van der Waals surface area contributed by atoms with Crippen LogP contribution in [0.15, 0.2) is 64.8 Å². The largest absolute Gasteiger partial charge is 0.484 e. The number of anilines is 1. The first-order valence-corrected chi connectivity index (χ1v) is 10.8. The normalized spacial score (nSPS) is 10.7. The van der Waals surface area contributed by atoms with E-state index in [-0.39, 0.29) is 40.4 Å². The molecule has 0 atom stereocenters. The Kier molecular flexibility index (Phi) is 6.45. The molecule has 10 heteroatoms. The van der Waals surface area contributed by atoms with E-state index >= 15 is 0 Å². The SMILES string of the molecule is CCOC(=O)c1nn(-c2ccc(F)cc2)c(=O)c2c(NC(=O)COc3ccccc3)scc12. The summed E-state index contributed by atoms with van der Waals surface area (Å²) in [5, 5.41) is 8.96. The second-order valence-electron chi connectivity index (χ2n) is 6.77. The van der Waals surface area contributed by atoms with Crippen LogP contribution in [-0.4, -0.2) is 34.9 Å². The summed E-state index contributed by atoms with van der Waals surface area (Å²) < 4.78 is 24.9. The zero-order valence-corrected chi connectivity index (χ0v) is 18.2. The molecule has 2 aromatic carbocycles. The molecular formula is C23H18FN3O5S. The minimum Gasteiger partial charge on any atom is -0.484 e. The number of nitrogens with one attached hydrogen (secondary N) is 1. The smallest absolute Gasteiger partial charge is 0.359 e. The van der Waals surface area contributed by atoms with Crippen LogP contribution in [0.25, 0.3) is 16.5 Å². The van der Waals surface area contributed by atoms with Gasteiger partial charge in [-0.2, -0.15) is 9.78 Å². The molecule has 4 aromatic rings. The molecule has 0 fully saturated rings. The van der Waals surface area contributed by atoms with Crippen LogP contribution in [0.3, 0.4) is 0 Å². The van der Waals surface area contributed by atoms with Gasteiger partial charge in [-0.05, 0) is 43.3 Å². The Labute approximate surface area is 191 Å². The summed E-state index contributed by atoms with van der Waals surface area (Å²) in [4.78, 5) is 38.3. The van der Waals surface area contributed by atoms with E-state index in [0.29, 0.717) is 5.75 Å². The maximum Gasteiger partial charge on any atom is 0.359 e. The summed E-state index contributed by atoms with van der Waals surface area (Å²) in [5.74, 6) is -1.16. The molecule has 0 unspecified atom stereocenters. The lowest BCUT2D eigenvalue weighted by atomic mass is 10.2. The summed E-state index contributed by atoms with van der Waals surface area (Å²) in [5.41, 5.74) is -0.414. The maximum absolute atomic E-state index is 13.4. The van der Waals surface area contributed by atoms with Gasteiger partial charge in [-0.15, -0.1) is 11.3 Å². The molecule has 4 rings (SSSR count). The lowest BCUT2D eigenvalue weighted by Gasteiger charge is -2.10. The molecule has 0 aliphatic rings. The van der Waals surface area contributed by atoms with Gasteiger partial charge >= 0.3 is 5.97 Å². The van der Waals surface area contributed by atoms with Crippen LogP contribution in [0, 0.1) is 5.82 Å². The number of hydrogen-bond donors (Lipinski definition) is 1. The van der Waals surface area contributed by atoms with E-state index < -0.39 is 23.3 Å². The molecular weight excluding hydrogens is 449 g/mol. The molecule has 168 valence electrons. The van der Waals surface area contributed by atoms with Crippen molar-refractivity contribution in [1.82, 2.24) is 9.78 Å². The highest BCUT2D eigenvalue weighted by atomic mass is 32.1. The third-order valence-electron chi connectivity index (χ3n) is 4.56. The number of thiophene rings is 1. The first kappa shape index (κ1) is 22.2. The third kappa shape index (κ3) is 4.75. The van der Waals surface area contributed by atoms with Gasteiger partial charge in [0.2, 0.25) is 0 Å². The van der Waals surface area contributed by atoms with E-state index in [0.717, 1.165) is 16.0 Å². The average Bonchev–Trinajstić information content (AvgIpc) is 3.23. The maximum atomic E-state index is 13.4. The lowest BCUT2D eigenvalue weighted by molar-refractivity contribution is -0.118. The molecule has 2 aromatic heterocycles. The van der Waals surface area contributed by atoms with Crippen molar-refractivity contribution in [3.8, 4) is 11.4 Å². The second-order valence-corrected chi connectivity index (χ2v) is 7.65. The number of benzene rings is 2. The zero-order valence-electron chi connectivity index (χ0n) is 17.4. The number of para-hydroxylation sites is 1. The number of nitrogens with zero attached hydrogens (tertiary/aromatic N) is 2. The monoisotopic (exact) mass is 467 g/mol. The van der Waals surface area contributed by atoms with Gasteiger partial charge in [-0.25, -0.2) is 9.18 Å². The zero-order chi connectivity index (χ0) is 23.4. The fraction of sp³-hybridized carbons (Fsp3) is 0.130. The fourth-order valence-corrected chi connectivity index (χ4v) is 4.03. The second kappa shape index (κ2) is 9.61. The number of hydrogen-bond acceptors (Lipinski definition) is 7. The molecule has 2 heterocycles. The van der Waals surface area contributed by atoms with Crippen molar-refractivity contribution in [3.05, 3.63) is 81.8 Å². The van der Waals surface area contributed by atoms with Gasteiger partial charge in [0, 0.05) is 10.8 Å². The summed E-state index contributed by atoms with van der Waals surface area (Å²) >= 11 is 1.07. The van der Waals surface area contributed by atoms with Crippen molar-refractivity contribution in [2.75, 3.05) is 18.5 Å². The number of aromatic nitrogens is 2. The quantitative estimate of drug-likeness (QED) is 0.415. The molecule has 0 bridgehead atoms. The molecule has 0 spiro atoms. The number of esters is 1. The average molecular weight is 467 g/mol. The Morgan fingerprint density at radius 3 is 2.55 bits per heavy atom. The Morgan fingerprint density at radius 2 is 1.85 bits per heavy atom. The van der Waals surface area contributed by atoms with Crippen LogP contribution in [0.1, 0.15) is 17.4 Å². The molecule has 8 nitrogen and oxygen atoms in total. The van der Waals surface area contributed by atoms with E-state index in [1.165, 1.54) is 24.3 Å². The minimum absolute atomic E-state index is 0.0898. The standard InChI is InChI=1S/C23H18FN3O5S/c1-2-31-23(30)20-17-13-33-21(25-18(28)12-32-16-6-4-3-5-7-16)19(17)22(29)27(26-20)15-10-8-14(24)9-11-15/h3-11,13H,2,12H2,1H3,(H,25,28). The Bertz CT molecular complexity index is 1370. The summed E-state index contributed by atoms with van der Waals surface area (Å²) in [6.07, 6.45) is 0. The predicted molar refractivity (Wildman–Crippen MR) is 122 cm³/mol. The highest BCUT2D eigenvalue weighted by Gasteiger charge is 2.23. The summed E-state index contributed by atoms with van der Waals surface area (Å²) in [7, 11) is 0. The third-order valence-corrected chi connectivity index (χ3v) is 5.45. The lowest BCUT2D eigenvalue weighted by Crippen LogP contribution is -2.26. The van der Waals surface area contributed by atoms with Crippen molar-refractivity contribution in [3.63, 3.8) is 0 Å². The van der Waals surface area contributed by atoms with E-state index in [2.05, 4.69) is 10.4 Å². The van der Waals surface area contributed by atoms with Crippen LogP contribution < -0.4 is 15.6 Å². The molecule has 33 heavy (non-hydrogen) atoms. The number of carbonyl (C=O) groups excluding carboxylic acids is 2. The Hall–Kier alpha value is -4.05. The van der Waals surface area contributed by atoms with Crippen molar-refractivity contribution in [2.45, 2.75) is 6.92 Å². The van der Waals surface area contributed by atoms with Gasteiger partial charge in [-0.1, -0.05) is 18.2 Å². The van der Waals surface area contributed by atoms with Crippen LogP contribution in [0.4, 0.5) is 9.39 Å². The minimum atomic E-state index is -0.721. The number of halogens is 1. The summed E-state index contributed by atoms with van der Waals surface area (Å²) in [6, 6.07) is 13.9. The van der Waals surface area contributed by atoms with Gasteiger partial charge < -0.3 is 14.8 Å². The molecule has 0 aliphatic heterocycles. The van der Waals surface area contributed by atoms with E-state index in [1.54, 1.807) is 36.6 Å². The Balaban J connectivity index is 1.73. The van der Waals surface area contributed by atoms with Crippen molar-refractivity contribution >= 4 is 39.0 Å². The first-order chi connectivity index (χ1) is 16.0. The van der Waals surface area contributed by atoms with Crippen LogP contribution in [-0.2, 0) is 9.53 Å². The van der Waals surface area contributed by atoms with Crippen LogP contribution >= 0.6 is 11.3 Å². The topological polar surface area (TPSA) is 99.5 Å². The first-order valence-electron chi connectivity index (χ1n) is 9.93. The van der Waals surface area contributed by atoms with Gasteiger partial charge in [0.05, 0.1) is 17.7 Å². The number of fused-ring (bicyclic) bond motifs is 1. The summed E-state index contributed by atoms with van der Waals surface area (Å²) in [6.45, 7) is 1.49. The highest BCUT2D eigenvalue weighted by Crippen LogP contribution is 2.30. The Morgan fingerprint density at radius 1 is 1.12 bits per heavy atom. The van der Waals surface area contributed by atoms with Gasteiger partial charge in [0.15, 0.2) is 12.3 Å². The number of rotatable bonds is 7. The predicted octanol–water partition coefficient (Wildman–Crippen LogP) is 3.78. The molecule has 0 aliphatic carbocycles. The van der Waals surface area contributed by atoms with E-state index in [9.17, 15) is 18.8 Å². The number of ether oxygens (including phenoxy) is 2. The number of amides is 1. The van der Waals surface area contributed by atoms with Gasteiger partial charge in [0.1, 0.15) is 16.6 Å². The van der Waals surface area contributed by atoms with E-state index in [1.807, 2.05) is 6.07 Å². The van der Waals surface area contributed by atoms with Gasteiger partial charge in [-0.3, -0.25) is 9.59 Å². The van der Waals surface area contributed by atoms with Crippen molar-refractivity contribution in [1.29, 1.82) is 0 Å². The van der Waals surface area contributed by atoms with E-state index in [4.69, 9.17) is 9.47 Å². The molecule has 0 saturated heterocycles. The van der Waals surface area contributed by atoms with Crippen LogP contribution in [0.2, 0.25) is 0 Å².